The van der Waals surface area contributed by atoms with Gasteiger partial charge in [0.05, 0.1) is 17.9 Å². The number of halogens is 3. The summed E-state index contributed by atoms with van der Waals surface area (Å²) in [6.45, 7) is 1.80. The molecule has 0 bridgehead atoms. The molecule has 2 atom stereocenters. The van der Waals surface area contributed by atoms with Gasteiger partial charge in [-0.15, -0.1) is 0 Å². The van der Waals surface area contributed by atoms with Crippen LogP contribution >= 0.6 is 0 Å². The van der Waals surface area contributed by atoms with E-state index in [1.807, 2.05) is 6.07 Å². The Balaban J connectivity index is 1.83. The molecule has 4 N–H and O–H groups in total. The standard InChI is InChI=1S/C31H32F3N3O5/c1-2-42-29(40)17-13-22(12-16-28(35)39)36-30(41)21(18-20-8-4-3-5-9-20)19-27(38)26-15-14-25(37-26)23-10-6-7-11-24(23)31(32,33)34/h3-11,13-15,17,21-22,37H,2,12,16,18-19H2,1H3,(H2,35,39)(H,36,41)/b17-13+/t21-,22+/m0/s1. The third-order valence-electron chi connectivity index (χ3n) is 6.42. The normalized spacial score (nSPS) is 13.0. The summed E-state index contributed by atoms with van der Waals surface area (Å²) >= 11 is 0. The topological polar surface area (TPSA) is 131 Å². The highest BCUT2D eigenvalue weighted by Gasteiger charge is 2.34. The van der Waals surface area contributed by atoms with Gasteiger partial charge in [0.15, 0.2) is 5.78 Å². The lowest BCUT2D eigenvalue weighted by Crippen LogP contribution is -2.40. The van der Waals surface area contributed by atoms with Gasteiger partial charge in [-0.1, -0.05) is 54.6 Å². The predicted molar refractivity (Wildman–Crippen MR) is 150 cm³/mol. The van der Waals surface area contributed by atoms with Crippen LogP contribution in [0, 0.1) is 5.92 Å². The fourth-order valence-corrected chi connectivity index (χ4v) is 4.37. The lowest BCUT2D eigenvalue weighted by atomic mass is 9.92. The summed E-state index contributed by atoms with van der Waals surface area (Å²) in [5.41, 5.74) is 5.28. The second-order valence-corrected chi connectivity index (χ2v) is 9.57. The van der Waals surface area contributed by atoms with Crippen LogP contribution < -0.4 is 11.1 Å². The van der Waals surface area contributed by atoms with Gasteiger partial charge in [-0.2, -0.15) is 13.2 Å². The average molecular weight is 584 g/mol. The van der Waals surface area contributed by atoms with E-state index in [0.717, 1.165) is 17.7 Å². The average Bonchev–Trinajstić information content (AvgIpc) is 3.45. The summed E-state index contributed by atoms with van der Waals surface area (Å²) in [7, 11) is 0. The largest absolute Gasteiger partial charge is 0.463 e. The molecule has 0 fully saturated rings. The van der Waals surface area contributed by atoms with Crippen LogP contribution in [0.2, 0.25) is 0 Å². The summed E-state index contributed by atoms with van der Waals surface area (Å²) in [4.78, 5) is 52.7. The van der Waals surface area contributed by atoms with Crippen LogP contribution in [0.4, 0.5) is 13.2 Å². The smallest absolute Gasteiger partial charge is 0.417 e. The molecule has 42 heavy (non-hydrogen) atoms. The van der Waals surface area contributed by atoms with Crippen molar-refractivity contribution in [1.29, 1.82) is 0 Å². The lowest BCUT2D eigenvalue weighted by Gasteiger charge is -2.20. The second kappa shape index (κ2) is 14.8. The van der Waals surface area contributed by atoms with E-state index in [1.54, 1.807) is 31.2 Å². The van der Waals surface area contributed by atoms with Crippen LogP contribution in [0.5, 0.6) is 0 Å². The number of ether oxygens (including phenoxy) is 1. The van der Waals surface area contributed by atoms with E-state index in [2.05, 4.69) is 10.3 Å². The Morgan fingerprint density at radius 1 is 1.00 bits per heavy atom. The molecule has 2 aromatic carbocycles. The zero-order chi connectivity index (χ0) is 30.7. The number of ketones is 1. The van der Waals surface area contributed by atoms with E-state index in [4.69, 9.17) is 10.5 Å². The van der Waals surface area contributed by atoms with Crippen molar-refractivity contribution in [3.05, 3.63) is 95.7 Å². The number of alkyl halides is 3. The van der Waals surface area contributed by atoms with Gasteiger partial charge in [0.1, 0.15) is 0 Å². The van der Waals surface area contributed by atoms with Crippen LogP contribution in [-0.4, -0.2) is 41.2 Å². The number of Topliss-reactive ketones (excluding diaryl/α,β-unsaturated/α-hetero) is 1. The highest BCUT2D eigenvalue weighted by Crippen LogP contribution is 2.36. The molecule has 0 saturated carbocycles. The number of carbonyl (C=O) groups excluding carboxylic acids is 4. The highest BCUT2D eigenvalue weighted by molar-refractivity contribution is 5.98. The molecule has 0 spiro atoms. The fourth-order valence-electron chi connectivity index (χ4n) is 4.37. The summed E-state index contributed by atoms with van der Waals surface area (Å²) in [6, 6.07) is 16.1. The Morgan fingerprint density at radius 3 is 2.36 bits per heavy atom. The van der Waals surface area contributed by atoms with Crippen LogP contribution in [0.1, 0.15) is 47.8 Å². The molecule has 0 unspecified atom stereocenters. The number of H-pyrrole nitrogens is 1. The maximum atomic E-state index is 13.5. The van der Waals surface area contributed by atoms with E-state index in [-0.39, 0.29) is 49.2 Å². The molecule has 0 aliphatic heterocycles. The van der Waals surface area contributed by atoms with Gasteiger partial charge in [-0.25, -0.2) is 4.79 Å². The number of esters is 1. The van der Waals surface area contributed by atoms with Gasteiger partial charge in [0, 0.05) is 42.1 Å². The number of nitrogens with one attached hydrogen (secondary N) is 2. The van der Waals surface area contributed by atoms with Crippen molar-refractivity contribution in [2.24, 2.45) is 11.7 Å². The Morgan fingerprint density at radius 2 is 1.69 bits per heavy atom. The molecule has 0 aliphatic rings. The summed E-state index contributed by atoms with van der Waals surface area (Å²) < 4.78 is 45.5. The van der Waals surface area contributed by atoms with Crippen molar-refractivity contribution in [3.8, 4) is 11.3 Å². The predicted octanol–water partition coefficient (Wildman–Crippen LogP) is 5.00. The number of benzene rings is 2. The Bertz CT molecular complexity index is 1420. The zero-order valence-electron chi connectivity index (χ0n) is 22.9. The molecular weight excluding hydrogens is 551 g/mol. The number of primary amides is 1. The second-order valence-electron chi connectivity index (χ2n) is 9.57. The van der Waals surface area contributed by atoms with Crippen molar-refractivity contribution in [2.75, 3.05) is 6.61 Å². The maximum Gasteiger partial charge on any atom is 0.417 e. The third kappa shape index (κ3) is 9.46. The van der Waals surface area contributed by atoms with Gasteiger partial charge in [0.2, 0.25) is 11.8 Å². The van der Waals surface area contributed by atoms with Crippen LogP contribution in [0.25, 0.3) is 11.3 Å². The van der Waals surface area contributed by atoms with Gasteiger partial charge >= 0.3 is 12.1 Å². The van der Waals surface area contributed by atoms with Crippen LogP contribution in [-0.2, 0) is 31.7 Å². The number of hydrogen-bond donors (Lipinski definition) is 3. The molecule has 1 aromatic heterocycles. The third-order valence-corrected chi connectivity index (χ3v) is 6.42. The molecule has 8 nitrogen and oxygen atoms in total. The first-order valence-corrected chi connectivity index (χ1v) is 13.3. The van der Waals surface area contributed by atoms with Crippen molar-refractivity contribution in [3.63, 3.8) is 0 Å². The zero-order valence-corrected chi connectivity index (χ0v) is 22.9. The Labute approximate surface area is 241 Å². The van der Waals surface area contributed by atoms with Crippen LogP contribution in [0.3, 0.4) is 0 Å². The maximum absolute atomic E-state index is 13.5. The summed E-state index contributed by atoms with van der Waals surface area (Å²) in [6.07, 6.45) is -2.06. The molecule has 1 heterocycles. The van der Waals surface area contributed by atoms with E-state index in [9.17, 15) is 32.3 Å². The summed E-state index contributed by atoms with van der Waals surface area (Å²) in [5, 5.41) is 2.77. The molecule has 3 aromatic rings. The van der Waals surface area contributed by atoms with Crippen molar-refractivity contribution >= 4 is 23.6 Å². The number of amides is 2. The molecule has 0 saturated heterocycles. The minimum Gasteiger partial charge on any atom is -0.463 e. The number of carbonyl (C=O) groups is 4. The minimum absolute atomic E-state index is 0.0559. The lowest BCUT2D eigenvalue weighted by molar-refractivity contribution is -0.138. The van der Waals surface area contributed by atoms with E-state index >= 15 is 0 Å². The first kappa shape index (κ1) is 31.9. The van der Waals surface area contributed by atoms with Gasteiger partial charge in [-0.05, 0) is 43.5 Å². The van der Waals surface area contributed by atoms with Gasteiger partial charge in [-0.3, -0.25) is 14.4 Å². The molecular formula is C31H32F3N3O5. The van der Waals surface area contributed by atoms with E-state index in [1.165, 1.54) is 36.4 Å². The molecule has 0 aliphatic carbocycles. The van der Waals surface area contributed by atoms with E-state index in [0.29, 0.717) is 0 Å². The number of nitrogens with two attached hydrogens (primary N) is 1. The number of aromatic amines is 1. The molecule has 222 valence electrons. The number of rotatable bonds is 14. The molecule has 3 rings (SSSR count). The number of hydrogen-bond acceptors (Lipinski definition) is 5. The molecule has 2 amide bonds. The van der Waals surface area contributed by atoms with Gasteiger partial charge < -0.3 is 20.8 Å². The van der Waals surface area contributed by atoms with E-state index < -0.39 is 47.3 Å². The minimum atomic E-state index is -4.59. The monoisotopic (exact) mass is 583 g/mol. The highest BCUT2D eigenvalue weighted by atomic mass is 19.4. The number of aromatic nitrogens is 1. The Kier molecular flexibility index (Phi) is 11.2. The molecule has 0 radical (unpaired) electrons. The van der Waals surface area contributed by atoms with Crippen LogP contribution in [0.15, 0.2) is 78.9 Å². The Hall–Kier alpha value is -4.67. The van der Waals surface area contributed by atoms with Gasteiger partial charge in [0.25, 0.3) is 0 Å². The first-order valence-electron chi connectivity index (χ1n) is 13.3. The van der Waals surface area contributed by atoms with Crippen molar-refractivity contribution in [1.82, 2.24) is 10.3 Å². The fraction of sp³-hybridized carbons (Fsp3) is 0.290. The van der Waals surface area contributed by atoms with Crippen molar-refractivity contribution in [2.45, 2.75) is 44.8 Å². The first-order chi connectivity index (χ1) is 20.0. The summed E-state index contributed by atoms with van der Waals surface area (Å²) in [5.74, 6) is -3.07. The molecule has 11 heteroatoms. The van der Waals surface area contributed by atoms with Crippen molar-refractivity contribution < 1.29 is 37.1 Å². The SMILES string of the molecule is CCOC(=O)/C=C/[C@@H](CCC(N)=O)NC(=O)[C@H](CC(=O)c1ccc(-c2ccccc2C(F)(F)F)[nH]1)Cc1ccccc1. The quantitative estimate of drug-likeness (QED) is 0.140.